The van der Waals surface area contributed by atoms with E-state index in [1.807, 2.05) is 31.1 Å². The fourth-order valence-corrected chi connectivity index (χ4v) is 1.69. The first-order valence-corrected chi connectivity index (χ1v) is 6.45. The van der Waals surface area contributed by atoms with Crippen molar-refractivity contribution in [2.24, 2.45) is 0 Å². The first-order chi connectivity index (χ1) is 9.24. The van der Waals surface area contributed by atoms with Gasteiger partial charge in [-0.2, -0.15) is 20.1 Å². The topological polar surface area (TPSA) is 71.8 Å². The van der Waals surface area contributed by atoms with Gasteiger partial charge in [-0.05, 0) is 19.4 Å². The van der Waals surface area contributed by atoms with E-state index in [1.165, 1.54) is 0 Å². The molecular weight excluding hydrogens is 242 g/mol. The number of nitrogens with zero attached hydrogens (tertiary/aromatic N) is 6. The maximum atomic E-state index is 4.44. The molecule has 0 saturated carbocycles. The van der Waals surface area contributed by atoms with Crippen LogP contribution in [0.25, 0.3) is 5.95 Å². The fourth-order valence-electron chi connectivity index (χ4n) is 1.69. The zero-order valence-corrected chi connectivity index (χ0v) is 11.5. The van der Waals surface area contributed by atoms with E-state index in [4.69, 9.17) is 0 Å². The number of anilines is 2. The monoisotopic (exact) mass is 261 g/mol. The molecule has 19 heavy (non-hydrogen) atoms. The van der Waals surface area contributed by atoms with Crippen molar-refractivity contribution >= 4 is 11.9 Å². The maximum Gasteiger partial charge on any atom is 0.257 e. The van der Waals surface area contributed by atoms with Crippen molar-refractivity contribution < 1.29 is 0 Å². The van der Waals surface area contributed by atoms with Gasteiger partial charge in [-0.15, -0.1) is 0 Å². The summed E-state index contributed by atoms with van der Waals surface area (Å²) in [5, 5.41) is 7.27. The second kappa shape index (κ2) is 6.12. The highest BCUT2D eigenvalue weighted by molar-refractivity contribution is 5.39. The molecule has 2 rings (SSSR count). The summed E-state index contributed by atoms with van der Waals surface area (Å²) in [6.07, 6.45) is 4.55. The average molecular weight is 261 g/mol. The molecule has 102 valence electrons. The minimum atomic E-state index is 0.522. The molecule has 0 bridgehead atoms. The molecule has 2 heterocycles. The van der Waals surface area contributed by atoms with Crippen LogP contribution in [0, 0.1) is 0 Å². The minimum Gasteiger partial charge on any atom is -0.354 e. The van der Waals surface area contributed by atoms with Crippen LogP contribution < -0.4 is 10.2 Å². The van der Waals surface area contributed by atoms with E-state index in [0.717, 1.165) is 19.5 Å². The van der Waals surface area contributed by atoms with E-state index in [9.17, 15) is 0 Å². The predicted octanol–water partition coefficient (Wildman–Crippen LogP) is 1.34. The van der Waals surface area contributed by atoms with Gasteiger partial charge in [-0.1, -0.05) is 6.92 Å². The summed E-state index contributed by atoms with van der Waals surface area (Å²) in [6.45, 7) is 5.79. The summed E-state index contributed by atoms with van der Waals surface area (Å²) in [5.41, 5.74) is 0. The molecule has 1 N–H and O–H groups in total. The van der Waals surface area contributed by atoms with Gasteiger partial charge in [0.15, 0.2) is 0 Å². The second-order valence-corrected chi connectivity index (χ2v) is 4.16. The number of nitrogens with one attached hydrogen (secondary N) is 1. The Balaban J connectivity index is 2.37. The van der Waals surface area contributed by atoms with Crippen LogP contribution in [0.3, 0.4) is 0 Å². The van der Waals surface area contributed by atoms with Crippen molar-refractivity contribution in [2.75, 3.05) is 30.4 Å². The minimum absolute atomic E-state index is 0.522. The van der Waals surface area contributed by atoms with Crippen LogP contribution in [-0.4, -0.2) is 44.9 Å². The van der Waals surface area contributed by atoms with Gasteiger partial charge in [0.1, 0.15) is 0 Å². The Morgan fingerprint density at radius 3 is 2.74 bits per heavy atom. The molecule has 0 unspecified atom stereocenters. The van der Waals surface area contributed by atoms with E-state index in [0.29, 0.717) is 17.8 Å². The Hall–Kier alpha value is -2.18. The molecule has 0 saturated heterocycles. The molecule has 0 radical (unpaired) electrons. The number of aromatic nitrogens is 5. The molecular formula is C12H19N7. The fraction of sp³-hybridized carbons (Fsp3) is 0.500. The van der Waals surface area contributed by atoms with Gasteiger partial charge in [-0.25, -0.2) is 4.68 Å². The van der Waals surface area contributed by atoms with Crippen LogP contribution in [0.1, 0.15) is 20.3 Å². The Kier molecular flexibility index (Phi) is 4.27. The summed E-state index contributed by atoms with van der Waals surface area (Å²) in [5.74, 6) is 1.74. The molecule has 0 spiro atoms. The van der Waals surface area contributed by atoms with E-state index in [1.54, 1.807) is 10.9 Å². The lowest BCUT2D eigenvalue weighted by Crippen LogP contribution is -2.22. The van der Waals surface area contributed by atoms with Crippen molar-refractivity contribution in [3.05, 3.63) is 18.5 Å². The third-order valence-corrected chi connectivity index (χ3v) is 2.56. The van der Waals surface area contributed by atoms with E-state index >= 15 is 0 Å². The van der Waals surface area contributed by atoms with Crippen LogP contribution in [0.5, 0.6) is 0 Å². The van der Waals surface area contributed by atoms with Gasteiger partial charge in [0.25, 0.3) is 5.95 Å². The lowest BCUT2D eigenvalue weighted by atomic mass is 10.4. The van der Waals surface area contributed by atoms with Crippen molar-refractivity contribution in [1.29, 1.82) is 0 Å². The lowest BCUT2D eigenvalue weighted by Gasteiger charge is -2.17. The Bertz CT molecular complexity index is 509. The third kappa shape index (κ3) is 3.18. The SMILES string of the molecule is CCCN(C)c1nc(NCC)nc(-n2cccn2)n1. The molecule has 0 amide bonds. The Morgan fingerprint density at radius 2 is 2.11 bits per heavy atom. The van der Waals surface area contributed by atoms with Crippen LogP contribution in [0.4, 0.5) is 11.9 Å². The molecule has 7 heteroatoms. The van der Waals surface area contributed by atoms with Gasteiger partial charge in [-0.3, -0.25) is 0 Å². The summed E-state index contributed by atoms with van der Waals surface area (Å²) in [7, 11) is 1.97. The van der Waals surface area contributed by atoms with Gasteiger partial charge in [0, 0.05) is 32.5 Å². The largest absolute Gasteiger partial charge is 0.354 e. The third-order valence-electron chi connectivity index (χ3n) is 2.56. The van der Waals surface area contributed by atoms with Crippen LogP contribution in [0.15, 0.2) is 18.5 Å². The summed E-state index contributed by atoms with van der Waals surface area (Å²) in [6, 6.07) is 1.84. The molecule has 2 aromatic rings. The summed E-state index contributed by atoms with van der Waals surface area (Å²) in [4.78, 5) is 15.2. The van der Waals surface area contributed by atoms with Crippen molar-refractivity contribution in [1.82, 2.24) is 24.7 Å². The Morgan fingerprint density at radius 1 is 1.26 bits per heavy atom. The normalized spacial score (nSPS) is 10.5. The van der Waals surface area contributed by atoms with Crippen molar-refractivity contribution in [3.8, 4) is 5.95 Å². The van der Waals surface area contributed by atoms with Gasteiger partial charge in [0.2, 0.25) is 11.9 Å². The summed E-state index contributed by atoms with van der Waals surface area (Å²) < 4.78 is 1.63. The molecule has 7 nitrogen and oxygen atoms in total. The first-order valence-electron chi connectivity index (χ1n) is 6.45. The highest BCUT2D eigenvalue weighted by atomic mass is 15.4. The van der Waals surface area contributed by atoms with Gasteiger partial charge in [0.05, 0.1) is 0 Å². The molecule has 0 aliphatic heterocycles. The van der Waals surface area contributed by atoms with Crippen molar-refractivity contribution in [2.45, 2.75) is 20.3 Å². The standard InChI is InChI=1S/C12H19N7/c1-4-8-18(3)11-15-10(13-5-2)16-12(17-11)19-9-6-7-14-19/h6-7,9H,4-5,8H2,1-3H3,(H,13,15,16,17). The molecule has 0 aliphatic carbocycles. The van der Waals surface area contributed by atoms with E-state index in [2.05, 4.69) is 32.3 Å². The zero-order chi connectivity index (χ0) is 13.7. The molecule has 2 aromatic heterocycles. The molecule has 0 atom stereocenters. The smallest absolute Gasteiger partial charge is 0.257 e. The van der Waals surface area contributed by atoms with Crippen LogP contribution >= 0.6 is 0 Å². The van der Waals surface area contributed by atoms with Crippen LogP contribution in [0.2, 0.25) is 0 Å². The van der Waals surface area contributed by atoms with E-state index in [-0.39, 0.29) is 0 Å². The van der Waals surface area contributed by atoms with Gasteiger partial charge < -0.3 is 10.2 Å². The highest BCUT2D eigenvalue weighted by Gasteiger charge is 2.10. The maximum absolute atomic E-state index is 4.44. The lowest BCUT2D eigenvalue weighted by molar-refractivity contribution is 0.765. The molecule has 0 aromatic carbocycles. The first kappa shape index (κ1) is 13.3. The Labute approximate surface area is 112 Å². The summed E-state index contributed by atoms with van der Waals surface area (Å²) >= 11 is 0. The second-order valence-electron chi connectivity index (χ2n) is 4.16. The number of hydrogen-bond acceptors (Lipinski definition) is 6. The zero-order valence-electron chi connectivity index (χ0n) is 11.5. The van der Waals surface area contributed by atoms with Crippen molar-refractivity contribution in [3.63, 3.8) is 0 Å². The number of hydrogen-bond donors (Lipinski definition) is 1. The molecule has 0 aliphatic rings. The van der Waals surface area contributed by atoms with Gasteiger partial charge >= 0.3 is 0 Å². The van der Waals surface area contributed by atoms with E-state index < -0.39 is 0 Å². The average Bonchev–Trinajstić information content (AvgIpc) is 2.93. The van der Waals surface area contributed by atoms with Crippen LogP contribution in [-0.2, 0) is 0 Å². The number of rotatable bonds is 6. The quantitative estimate of drug-likeness (QED) is 0.846. The highest BCUT2D eigenvalue weighted by Crippen LogP contribution is 2.12. The molecule has 0 fully saturated rings. The predicted molar refractivity (Wildman–Crippen MR) is 74.7 cm³/mol.